The highest BCUT2D eigenvalue weighted by molar-refractivity contribution is 7.94. The number of halogens is 15. The van der Waals surface area contributed by atoms with E-state index in [0.29, 0.717) is 0 Å². The van der Waals surface area contributed by atoms with Gasteiger partial charge in [-0.1, -0.05) is 16.4 Å². The summed E-state index contributed by atoms with van der Waals surface area (Å²) in [4.78, 5) is 14.8. The smallest absolute Gasteiger partial charge is 0.406 e. The van der Waals surface area contributed by atoms with Crippen molar-refractivity contribution in [2.45, 2.75) is 77.8 Å². The molecular weight excluding hydrogens is 731 g/mol. The van der Waals surface area contributed by atoms with Crippen LogP contribution in [0.1, 0.15) is 62.3 Å². The molecule has 0 saturated carbocycles. The summed E-state index contributed by atoms with van der Waals surface area (Å²) in [6, 6.07) is 0. The van der Waals surface area contributed by atoms with E-state index in [1.165, 1.54) is 62.3 Å². The van der Waals surface area contributed by atoms with Crippen molar-refractivity contribution in [3.63, 3.8) is 0 Å². The average Bonchev–Trinajstić information content (AvgIpc) is 2.97. The Hall–Kier alpha value is -3.43. The Labute approximate surface area is 276 Å². The van der Waals surface area contributed by atoms with Crippen molar-refractivity contribution in [3.8, 4) is 0 Å². The second-order valence-corrected chi connectivity index (χ2v) is 20.0. The predicted octanol–water partition coefficient (Wildman–Crippen LogP) is 9.29. The van der Waals surface area contributed by atoms with E-state index in [-0.39, 0.29) is 0 Å². The fraction of sp³-hybridized carbons (Fsp3) is 0.387. The minimum absolute atomic E-state index is 1.34. The van der Waals surface area contributed by atoms with Gasteiger partial charge >= 0.3 is 5.71 Å². The number of hydrogen-bond donors (Lipinski definition) is 0. The molecule has 0 N–H and O–H groups in total. The van der Waals surface area contributed by atoms with Crippen LogP contribution in [0.25, 0.3) is 0 Å². The van der Waals surface area contributed by atoms with Gasteiger partial charge in [0.05, 0.1) is 15.5 Å². The van der Waals surface area contributed by atoms with Crippen molar-refractivity contribution in [1.29, 1.82) is 0 Å². The van der Waals surface area contributed by atoms with Gasteiger partial charge in [0.2, 0.25) is 0 Å². The number of rotatable bonds is 5. The highest BCUT2D eigenvalue weighted by Gasteiger charge is 2.72. The van der Waals surface area contributed by atoms with E-state index in [1.54, 1.807) is 0 Å². The molecule has 276 valence electrons. The second-order valence-electron chi connectivity index (χ2n) is 14.3. The Morgan fingerprint density at radius 3 is 0.700 bits per heavy atom. The lowest BCUT2D eigenvalue weighted by Gasteiger charge is -2.54. The number of carbonyl (C=O) groups excluding carboxylic acids is 1. The minimum atomic E-state index is -6.50. The SMILES string of the molecule is CC(C)(C)[P+](C(=O)O[B-](c1c(F)c(F)c(F)c(F)c1F)(c1c(F)c(F)c(F)c(F)c1F)c1c(F)c(F)c(F)c(F)c1F)(C(C)(C)C)C(C)(C)C. The first-order chi connectivity index (χ1) is 22.4. The summed E-state index contributed by atoms with van der Waals surface area (Å²) in [5.74, 6) is -47.9. The quantitative estimate of drug-likeness (QED) is 0.0854. The molecule has 3 aromatic rings. The molecule has 3 aromatic carbocycles. The van der Waals surface area contributed by atoms with Gasteiger partial charge < -0.3 is 4.65 Å². The van der Waals surface area contributed by atoms with E-state index in [1.807, 2.05) is 0 Å². The molecule has 0 aromatic heterocycles. The molecule has 0 fully saturated rings. The van der Waals surface area contributed by atoms with Gasteiger partial charge in [-0.2, -0.15) is 0 Å². The molecule has 19 heteroatoms. The van der Waals surface area contributed by atoms with Crippen LogP contribution in [0.4, 0.5) is 70.7 Å². The molecule has 0 heterocycles. The summed E-state index contributed by atoms with van der Waals surface area (Å²) in [5, 5.41) is -4.48. The normalized spacial score (nSPS) is 13.3. The summed E-state index contributed by atoms with van der Waals surface area (Å²) in [5.41, 5.74) is -11.0. The summed E-state index contributed by atoms with van der Waals surface area (Å²) >= 11 is 0. The van der Waals surface area contributed by atoms with Crippen LogP contribution >= 0.6 is 7.26 Å². The summed E-state index contributed by atoms with van der Waals surface area (Å²) in [7, 11) is -4.15. The van der Waals surface area contributed by atoms with Gasteiger partial charge in [-0.05, 0) is 62.3 Å². The maximum absolute atomic E-state index is 15.9. The Kier molecular flexibility index (Phi) is 10.4. The molecule has 0 spiro atoms. The van der Waals surface area contributed by atoms with Gasteiger partial charge in [-0.25, -0.2) is 70.7 Å². The van der Waals surface area contributed by atoms with Crippen molar-refractivity contribution < 1.29 is 75.3 Å². The largest absolute Gasteiger partial charge is 0.646 e. The van der Waals surface area contributed by atoms with Crippen LogP contribution in [0, 0.1) is 87.3 Å². The lowest BCUT2D eigenvalue weighted by molar-refractivity contribution is 0.222. The minimum Gasteiger partial charge on any atom is -0.646 e. The van der Waals surface area contributed by atoms with Gasteiger partial charge in [-0.15, -0.1) is 0 Å². The first kappa shape index (κ1) is 41.0. The third-order valence-corrected chi connectivity index (χ3v) is 15.2. The van der Waals surface area contributed by atoms with E-state index < -0.39 is 138 Å². The molecule has 0 atom stereocenters. The predicted molar refractivity (Wildman–Crippen MR) is 156 cm³/mol. The standard InChI is InChI=1S/C31H27BF15O2P/c1-29(2,3)50(30(4,5)6,31(7,8)9)28(48)49-32(10-13(33)19(39)25(45)20(40)14(10)34,11-15(35)21(41)26(46)22(42)16(11)36)12-17(37)23(43)27(47)24(44)18(12)38/h1-9H3. The highest BCUT2D eigenvalue weighted by atomic mass is 31.2. The molecule has 2 nitrogen and oxygen atoms in total. The van der Waals surface area contributed by atoms with E-state index in [2.05, 4.69) is 0 Å². The molecule has 0 amide bonds. The molecule has 0 unspecified atom stereocenters. The van der Waals surface area contributed by atoms with Gasteiger partial charge in [-0.3, -0.25) is 0 Å². The molecule has 50 heavy (non-hydrogen) atoms. The zero-order valence-electron chi connectivity index (χ0n) is 27.5. The van der Waals surface area contributed by atoms with Crippen LogP contribution in [0.15, 0.2) is 0 Å². The fourth-order valence-corrected chi connectivity index (χ4v) is 15.6. The van der Waals surface area contributed by atoms with Gasteiger partial charge in [0.15, 0.2) is 52.4 Å². The summed E-state index contributed by atoms with van der Waals surface area (Å²) in [6.07, 6.45) is -6.50. The van der Waals surface area contributed by atoms with Crippen LogP contribution in [0.2, 0.25) is 0 Å². The summed E-state index contributed by atoms with van der Waals surface area (Å²) in [6.45, 7) is 12.0. The Bertz CT molecular complexity index is 1640. The molecule has 0 bridgehead atoms. The van der Waals surface area contributed by atoms with Crippen LogP contribution < -0.4 is 16.4 Å². The molecule has 3 rings (SSSR count). The molecule has 0 aliphatic carbocycles. The zero-order chi connectivity index (χ0) is 39.2. The molecule has 0 saturated heterocycles. The van der Waals surface area contributed by atoms with Crippen LogP contribution in [-0.4, -0.2) is 27.5 Å². The highest BCUT2D eigenvalue weighted by Crippen LogP contribution is 2.84. The first-order valence-corrected chi connectivity index (χ1v) is 16.0. The average molecular weight is 758 g/mol. The van der Waals surface area contributed by atoms with Crippen molar-refractivity contribution in [2.24, 2.45) is 0 Å². The molecule has 0 aliphatic heterocycles. The zero-order valence-corrected chi connectivity index (χ0v) is 28.4. The first-order valence-electron chi connectivity index (χ1n) is 14.2. The number of hydrogen-bond acceptors (Lipinski definition) is 2. The monoisotopic (exact) mass is 758 g/mol. The van der Waals surface area contributed by atoms with Crippen LogP contribution in [0.5, 0.6) is 0 Å². The topological polar surface area (TPSA) is 26.3 Å². The van der Waals surface area contributed by atoms with Crippen LogP contribution in [-0.2, 0) is 4.65 Å². The van der Waals surface area contributed by atoms with E-state index >= 15 is 26.3 Å². The van der Waals surface area contributed by atoms with Crippen molar-refractivity contribution in [3.05, 3.63) is 87.3 Å². The van der Waals surface area contributed by atoms with Crippen LogP contribution in [0.3, 0.4) is 0 Å². The Balaban J connectivity index is 3.01. The van der Waals surface area contributed by atoms with Gasteiger partial charge in [0, 0.05) is 0 Å². The Morgan fingerprint density at radius 1 is 0.380 bits per heavy atom. The maximum Gasteiger partial charge on any atom is 0.406 e. The van der Waals surface area contributed by atoms with E-state index in [4.69, 9.17) is 4.65 Å². The third kappa shape index (κ3) is 5.45. The fourth-order valence-electron chi connectivity index (χ4n) is 7.62. The number of carbonyl (C=O) groups is 1. The molecule has 0 radical (unpaired) electrons. The second kappa shape index (κ2) is 12.7. The third-order valence-electron chi connectivity index (χ3n) is 8.52. The summed E-state index contributed by atoms with van der Waals surface area (Å²) < 4.78 is 233. The van der Waals surface area contributed by atoms with E-state index in [9.17, 15) is 44.3 Å². The molecule has 0 aliphatic rings. The van der Waals surface area contributed by atoms with E-state index in [0.717, 1.165) is 0 Å². The van der Waals surface area contributed by atoms with Gasteiger partial charge in [0.25, 0.3) is 6.35 Å². The van der Waals surface area contributed by atoms with Gasteiger partial charge in [0.1, 0.15) is 42.2 Å². The Morgan fingerprint density at radius 2 is 0.540 bits per heavy atom. The molecular formula is C31H27BF15O2P. The van der Waals surface area contributed by atoms with Crippen molar-refractivity contribution in [2.75, 3.05) is 0 Å². The lowest BCUT2D eigenvalue weighted by Crippen LogP contribution is -2.76. The maximum atomic E-state index is 15.9. The lowest BCUT2D eigenvalue weighted by atomic mass is 9.27. The van der Waals surface area contributed by atoms with Crippen molar-refractivity contribution >= 4 is 35.7 Å². The number of benzene rings is 3. The van der Waals surface area contributed by atoms with Crippen molar-refractivity contribution in [1.82, 2.24) is 0 Å².